The van der Waals surface area contributed by atoms with Gasteiger partial charge in [-0.1, -0.05) is 18.2 Å². The highest BCUT2D eigenvalue weighted by molar-refractivity contribution is 5.88. The van der Waals surface area contributed by atoms with Crippen LogP contribution in [0.5, 0.6) is 0 Å². The third-order valence-electron chi connectivity index (χ3n) is 3.60. The van der Waals surface area contributed by atoms with Crippen LogP contribution in [-0.2, 0) is 6.42 Å². The number of hydrogen-bond acceptors (Lipinski definition) is 2. The van der Waals surface area contributed by atoms with Crippen LogP contribution in [0.15, 0.2) is 42.5 Å². The average Bonchev–Trinajstić information content (AvgIpc) is 2.46. The van der Waals surface area contributed by atoms with Crippen molar-refractivity contribution in [1.82, 2.24) is 0 Å². The van der Waals surface area contributed by atoms with E-state index in [9.17, 15) is 9.18 Å². The van der Waals surface area contributed by atoms with E-state index in [0.717, 1.165) is 31.1 Å². The topological polar surface area (TPSA) is 40.5 Å². The molecule has 1 aliphatic heterocycles. The van der Waals surface area contributed by atoms with E-state index < -0.39 is 11.8 Å². The van der Waals surface area contributed by atoms with Crippen LogP contribution in [0, 0.1) is 5.82 Å². The molecule has 1 N–H and O–H groups in total. The molecule has 1 heterocycles. The van der Waals surface area contributed by atoms with Crippen molar-refractivity contribution in [1.29, 1.82) is 0 Å². The number of anilines is 2. The zero-order chi connectivity index (χ0) is 14.1. The van der Waals surface area contributed by atoms with Gasteiger partial charge < -0.3 is 10.0 Å². The molecule has 102 valence electrons. The number of carboxylic acid groups (broad SMARTS) is 1. The summed E-state index contributed by atoms with van der Waals surface area (Å²) < 4.78 is 14.2. The second-order valence-electron chi connectivity index (χ2n) is 4.86. The second kappa shape index (κ2) is 4.96. The predicted molar refractivity (Wildman–Crippen MR) is 75.1 cm³/mol. The van der Waals surface area contributed by atoms with Crippen LogP contribution >= 0.6 is 0 Å². The van der Waals surface area contributed by atoms with E-state index in [-0.39, 0.29) is 5.56 Å². The van der Waals surface area contributed by atoms with Crippen molar-refractivity contribution < 1.29 is 14.3 Å². The van der Waals surface area contributed by atoms with Crippen molar-refractivity contribution in [2.24, 2.45) is 0 Å². The van der Waals surface area contributed by atoms with Gasteiger partial charge in [0.1, 0.15) is 5.82 Å². The largest absolute Gasteiger partial charge is 0.478 e. The van der Waals surface area contributed by atoms with Crippen molar-refractivity contribution >= 4 is 17.3 Å². The number of hydrogen-bond donors (Lipinski definition) is 1. The van der Waals surface area contributed by atoms with E-state index in [2.05, 4.69) is 0 Å². The number of carboxylic acids is 1. The summed E-state index contributed by atoms with van der Waals surface area (Å²) in [5.74, 6) is -1.61. The minimum atomic E-state index is -1.12. The lowest BCUT2D eigenvalue weighted by molar-refractivity contribution is 0.0696. The van der Waals surface area contributed by atoms with Gasteiger partial charge in [0.05, 0.1) is 11.3 Å². The molecule has 20 heavy (non-hydrogen) atoms. The first-order valence-electron chi connectivity index (χ1n) is 6.55. The highest BCUT2D eigenvalue weighted by Crippen LogP contribution is 2.34. The summed E-state index contributed by atoms with van der Waals surface area (Å²) in [7, 11) is 0. The number of benzene rings is 2. The van der Waals surface area contributed by atoms with Crippen molar-refractivity contribution in [3.05, 3.63) is 59.4 Å². The van der Waals surface area contributed by atoms with Crippen LogP contribution in [0.1, 0.15) is 22.3 Å². The van der Waals surface area contributed by atoms with Gasteiger partial charge in [0, 0.05) is 12.2 Å². The highest BCUT2D eigenvalue weighted by Gasteiger charge is 2.21. The third-order valence-corrected chi connectivity index (χ3v) is 3.60. The molecule has 0 amide bonds. The molecule has 2 aromatic rings. The molecular weight excluding hydrogens is 257 g/mol. The highest BCUT2D eigenvalue weighted by atomic mass is 19.1. The standard InChI is InChI=1S/C16H14FNO2/c17-13-10-12(16(19)20)7-8-15(13)18-9-3-5-11-4-1-2-6-14(11)18/h1-2,4,6-8,10H,3,5,9H2,(H,19,20). The van der Waals surface area contributed by atoms with Gasteiger partial charge in [-0.3, -0.25) is 0 Å². The van der Waals surface area contributed by atoms with Crippen LogP contribution in [0.25, 0.3) is 0 Å². The van der Waals surface area contributed by atoms with Gasteiger partial charge >= 0.3 is 5.97 Å². The van der Waals surface area contributed by atoms with E-state index in [1.54, 1.807) is 6.07 Å². The number of nitrogens with zero attached hydrogens (tertiary/aromatic N) is 1. The Bertz CT molecular complexity index is 669. The van der Waals surface area contributed by atoms with E-state index in [0.29, 0.717) is 5.69 Å². The minimum absolute atomic E-state index is 0.0310. The van der Waals surface area contributed by atoms with Gasteiger partial charge in [-0.05, 0) is 42.7 Å². The number of rotatable bonds is 2. The Morgan fingerprint density at radius 1 is 1.15 bits per heavy atom. The van der Waals surface area contributed by atoms with Crippen LogP contribution in [0.4, 0.5) is 15.8 Å². The molecule has 0 fully saturated rings. The molecule has 0 aromatic heterocycles. The Kier molecular flexibility index (Phi) is 3.14. The Morgan fingerprint density at radius 3 is 2.70 bits per heavy atom. The maximum atomic E-state index is 14.2. The Labute approximate surface area is 116 Å². The van der Waals surface area contributed by atoms with Gasteiger partial charge in [0.25, 0.3) is 0 Å². The fourth-order valence-electron chi connectivity index (χ4n) is 2.64. The van der Waals surface area contributed by atoms with Gasteiger partial charge in [-0.2, -0.15) is 0 Å². The van der Waals surface area contributed by atoms with Crippen LogP contribution < -0.4 is 4.90 Å². The minimum Gasteiger partial charge on any atom is -0.478 e. The fraction of sp³-hybridized carbons (Fsp3) is 0.188. The average molecular weight is 271 g/mol. The van der Waals surface area contributed by atoms with Gasteiger partial charge in [0.15, 0.2) is 0 Å². The lowest BCUT2D eigenvalue weighted by Gasteiger charge is -2.31. The summed E-state index contributed by atoms with van der Waals surface area (Å²) in [4.78, 5) is 12.8. The van der Waals surface area contributed by atoms with E-state index in [1.165, 1.54) is 11.6 Å². The summed E-state index contributed by atoms with van der Waals surface area (Å²) in [6.45, 7) is 0.736. The number of fused-ring (bicyclic) bond motifs is 1. The lowest BCUT2D eigenvalue weighted by Crippen LogP contribution is -2.25. The zero-order valence-electron chi connectivity index (χ0n) is 10.8. The molecule has 0 atom stereocenters. The Hall–Kier alpha value is -2.36. The molecule has 3 nitrogen and oxygen atoms in total. The number of aromatic carboxylic acids is 1. The Morgan fingerprint density at radius 2 is 1.95 bits per heavy atom. The maximum absolute atomic E-state index is 14.2. The number of aryl methyl sites for hydroxylation is 1. The second-order valence-corrected chi connectivity index (χ2v) is 4.86. The summed E-state index contributed by atoms with van der Waals surface area (Å²) in [5.41, 5.74) is 2.60. The van der Waals surface area contributed by atoms with Crippen molar-refractivity contribution in [2.75, 3.05) is 11.4 Å². The molecule has 1 aliphatic rings. The first-order chi connectivity index (χ1) is 9.66. The normalized spacial score (nSPS) is 13.9. The molecular formula is C16H14FNO2. The molecule has 2 aromatic carbocycles. The molecule has 0 bridgehead atoms. The quantitative estimate of drug-likeness (QED) is 0.907. The zero-order valence-corrected chi connectivity index (χ0v) is 10.8. The third kappa shape index (κ3) is 2.13. The smallest absolute Gasteiger partial charge is 0.335 e. The summed E-state index contributed by atoms with van der Waals surface area (Å²) in [5, 5.41) is 8.89. The summed E-state index contributed by atoms with van der Waals surface area (Å²) in [6, 6.07) is 12.0. The van der Waals surface area contributed by atoms with Crippen molar-refractivity contribution in [2.45, 2.75) is 12.8 Å². The van der Waals surface area contributed by atoms with Crippen molar-refractivity contribution in [3.8, 4) is 0 Å². The lowest BCUT2D eigenvalue weighted by atomic mass is 10.0. The molecule has 0 unspecified atom stereocenters. The van der Waals surface area contributed by atoms with Crippen LogP contribution in [0.2, 0.25) is 0 Å². The molecule has 0 spiro atoms. The van der Waals surface area contributed by atoms with Crippen LogP contribution in [0.3, 0.4) is 0 Å². The van der Waals surface area contributed by atoms with Crippen molar-refractivity contribution in [3.63, 3.8) is 0 Å². The maximum Gasteiger partial charge on any atom is 0.335 e. The van der Waals surface area contributed by atoms with Crippen LogP contribution in [-0.4, -0.2) is 17.6 Å². The molecule has 0 radical (unpaired) electrons. The number of para-hydroxylation sites is 1. The molecule has 0 saturated carbocycles. The first-order valence-corrected chi connectivity index (χ1v) is 6.55. The summed E-state index contributed by atoms with van der Waals surface area (Å²) in [6.07, 6.45) is 1.94. The van der Waals surface area contributed by atoms with E-state index in [1.807, 2.05) is 29.2 Å². The molecule has 3 rings (SSSR count). The molecule has 0 saturated heterocycles. The first kappa shape index (κ1) is 12.7. The predicted octanol–water partition coefficient (Wildman–Crippen LogP) is 3.61. The van der Waals surface area contributed by atoms with E-state index >= 15 is 0 Å². The Balaban J connectivity index is 2.04. The van der Waals surface area contributed by atoms with Gasteiger partial charge in [-0.25, -0.2) is 9.18 Å². The summed E-state index contributed by atoms with van der Waals surface area (Å²) >= 11 is 0. The van der Waals surface area contributed by atoms with Gasteiger partial charge in [-0.15, -0.1) is 0 Å². The number of halogens is 1. The fourth-order valence-corrected chi connectivity index (χ4v) is 2.64. The SMILES string of the molecule is O=C(O)c1ccc(N2CCCc3ccccc32)c(F)c1. The molecule has 0 aliphatic carbocycles. The van der Waals surface area contributed by atoms with E-state index in [4.69, 9.17) is 5.11 Å². The number of carbonyl (C=O) groups is 1. The monoisotopic (exact) mass is 271 g/mol. The molecule has 4 heteroatoms. The van der Waals surface area contributed by atoms with Gasteiger partial charge in [0.2, 0.25) is 0 Å².